The van der Waals surface area contributed by atoms with Gasteiger partial charge in [0.15, 0.2) is 5.69 Å². The molecule has 0 radical (unpaired) electrons. The van der Waals surface area contributed by atoms with Crippen molar-refractivity contribution >= 4 is 11.6 Å². The van der Waals surface area contributed by atoms with E-state index in [1.807, 2.05) is 10.9 Å². The monoisotopic (exact) mass is 350 g/mol. The van der Waals surface area contributed by atoms with Gasteiger partial charge in [0.25, 0.3) is 5.91 Å². The van der Waals surface area contributed by atoms with Gasteiger partial charge in [-0.3, -0.25) is 9.48 Å². The van der Waals surface area contributed by atoms with E-state index >= 15 is 0 Å². The normalized spacial score (nSPS) is 14.7. The van der Waals surface area contributed by atoms with Crippen LogP contribution in [0.1, 0.15) is 58.7 Å². The smallest absolute Gasteiger partial charge is 0.278 e. The number of amides is 1. The Kier molecular flexibility index (Phi) is 4.32. The van der Waals surface area contributed by atoms with Crippen molar-refractivity contribution in [2.75, 3.05) is 5.32 Å². The summed E-state index contributed by atoms with van der Waals surface area (Å²) in [7, 11) is 0. The Bertz CT molecular complexity index is 924. The van der Waals surface area contributed by atoms with Gasteiger partial charge in [-0.1, -0.05) is 35.0 Å². The zero-order valence-electron chi connectivity index (χ0n) is 15.0. The lowest BCUT2D eigenvalue weighted by molar-refractivity contribution is 0.101. The molecule has 0 spiro atoms. The first-order valence-corrected chi connectivity index (χ1v) is 9.01. The molecule has 1 amide bonds. The van der Waals surface area contributed by atoms with E-state index in [2.05, 4.69) is 53.7 Å². The van der Waals surface area contributed by atoms with E-state index in [1.165, 1.54) is 11.1 Å². The largest absolute Gasteiger partial charge is 0.360 e. The van der Waals surface area contributed by atoms with Gasteiger partial charge in [-0.15, -0.1) is 0 Å². The van der Waals surface area contributed by atoms with Gasteiger partial charge in [-0.05, 0) is 38.7 Å². The number of carbonyl (C=O) groups excluding carboxylic acids is 1. The van der Waals surface area contributed by atoms with Crippen LogP contribution in [-0.2, 0) is 12.8 Å². The van der Waals surface area contributed by atoms with Crippen LogP contribution in [0.4, 0.5) is 5.69 Å². The van der Waals surface area contributed by atoms with E-state index in [4.69, 9.17) is 4.52 Å². The molecule has 2 heterocycles. The molecular formula is C20H22N4O2. The molecule has 0 fully saturated rings. The van der Waals surface area contributed by atoms with E-state index < -0.39 is 0 Å². The SMILES string of the molecule is Cc1ccc(C(C)n2cc(NC(=O)c3noc4c3CCCC4)cn2)cc1. The minimum absolute atomic E-state index is 0.0843. The summed E-state index contributed by atoms with van der Waals surface area (Å²) in [6, 6.07) is 8.46. The van der Waals surface area contributed by atoms with Crippen molar-refractivity contribution in [1.29, 1.82) is 0 Å². The van der Waals surface area contributed by atoms with Crippen LogP contribution < -0.4 is 5.32 Å². The summed E-state index contributed by atoms with van der Waals surface area (Å²) in [6.45, 7) is 4.15. The number of benzene rings is 1. The highest BCUT2D eigenvalue weighted by Gasteiger charge is 2.24. The Balaban J connectivity index is 1.49. The minimum atomic E-state index is -0.237. The molecule has 26 heavy (non-hydrogen) atoms. The lowest BCUT2D eigenvalue weighted by atomic mass is 9.96. The van der Waals surface area contributed by atoms with E-state index in [1.54, 1.807) is 6.20 Å². The summed E-state index contributed by atoms with van der Waals surface area (Å²) in [5.74, 6) is 0.615. The number of nitrogens with zero attached hydrogens (tertiary/aromatic N) is 3. The van der Waals surface area contributed by atoms with Crippen LogP contribution >= 0.6 is 0 Å². The van der Waals surface area contributed by atoms with Crippen LogP contribution in [0.3, 0.4) is 0 Å². The third-order valence-corrected chi connectivity index (χ3v) is 4.98. The van der Waals surface area contributed by atoms with E-state index in [9.17, 15) is 4.79 Å². The number of nitrogens with one attached hydrogen (secondary N) is 1. The molecule has 4 rings (SSSR count). The highest BCUT2D eigenvalue weighted by Crippen LogP contribution is 2.25. The lowest BCUT2D eigenvalue weighted by Crippen LogP contribution is -2.15. The molecule has 1 unspecified atom stereocenters. The molecule has 0 bridgehead atoms. The molecule has 6 heteroatoms. The first-order chi connectivity index (χ1) is 12.6. The maximum atomic E-state index is 12.6. The Morgan fingerprint density at radius 2 is 2.00 bits per heavy atom. The molecule has 0 saturated carbocycles. The number of fused-ring (bicyclic) bond motifs is 1. The van der Waals surface area contributed by atoms with E-state index in [0.29, 0.717) is 11.4 Å². The summed E-state index contributed by atoms with van der Waals surface area (Å²) in [5, 5.41) is 11.3. The van der Waals surface area contributed by atoms with Crippen molar-refractivity contribution in [3.63, 3.8) is 0 Å². The third-order valence-electron chi connectivity index (χ3n) is 4.98. The molecular weight excluding hydrogens is 328 g/mol. The number of aromatic nitrogens is 3. The number of carbonyl (C=O) groups is 1. The van der Waals surface area contributed by atoms with Crippen LogP contribution in [0.5, 0.6) is 0 Å². The van der Waals surface area contributed by atoms with Gasteiger partial charge in [0.1, 0.15) is 5.76 Å². The Hall–Kier alpha value is -2.89. The molecule has 0 aliphatic heterocycles. The second-order valence-electron chi connectivity index (χ2n) is 6.89. The first kappa shape index (κ1) is 16.6. The molecule has 1 aliphatic rings. The molecule has 1 aromatic carbocycles. The van der Waals surface area contributed by atoms with Crippen molar-refractivity contribution in [2.45, 2.75) is 45.6 Å². The van der Waals surface area contributed by atoms with Gasteiger partial charge in [0, 0.05) is 18.2 Å². The minimum Gasteiger partial charge on any atom is -0.360 e. The third kappa shape index (κ3) is 3.14. The van der Waals surface area contributed by atoms with Crippen LogP contribution in [-0.4, -0.2) is 20.8 Å². The topological polar surface area (TPSA) is 73.0 Å². The molecule has 1 atom stereocenters. The van der Waals surface area contributed by atoms with Crippen molar-refractivity contribution < 1.29 is 9.32 Å². The number of hydrogen-bond acceptors (Lipinski definition) is 4. The molecule has 2 aromatic heterocycles. The lowest BCUT2D eigenvalue weighted by Gasteiger charge is -2.12. The number of aryl methyl sites for hydroxylation is 2. The number of rotatable bonds is 4. The molecule has 134 valence electrons. The van der Waals surface area contributed by atoms with E-state index in [0.717, 1.165) is 37.0 Å². The second-order valence-corrected chi connectivity index (χ2v) is 6.89. The maximum absolute atomic E-state index is 12.6. The predicted octanol–water partition coefficient (Wildman–Crippen LogP) is 3.92. The average molecular weight is 350 g/mol. The predicted molar refractivity (Wildman–Crippen MR) is 98.3 cm³/mol. The molecule has 1 N–H and O–H groups in total. The average Bonchev–Trinajstić information content (AvgIpc) is 3.28. The number of anilines is 1. The van der Waals surface area contributed by atoms with Gasteiger partial charge >= 0.3 is 0 Å². The van der Waals surface area contributed by atoms with Crippen LogP contribution in [0.2, 0.25) is 0 Å². The zero-order chi connectivity index (χ0) is 18.1. The fourth-order valence-corrected chi connectivity index (χ4v) is 3.37. The van der Waals surface area contributed by atoms with E-state index in [-0.39, 0.29) is 11.9 Å². The van der Waals surface area contributed by atoms with Crippen LogP contribution in [0, 0.1) is 6.92 Å². The molecule has 0 saturated heterocycles. The Morgan fingerprint density at radius 1 is 1.23 bits per heavy atom. The summed E-state index contributed by atoms with van der Waals surface area (Å²) >= 11 is 0. The fraction of sp³-hybridized carbons (Fsp3) is 0.350. The van der Waals surface area contributed by atoms with Crippen molar-refractivity contribution in [3.05, 3.63) is 64.8 Å². The number of hydrogen-bond donors (Lipinski definition) is 1. The molecule has 6 nitrogen and oxygen atoms in total. The van der Waals surface area contributed by atoms with Gasteiger partial charge in [-0.2, -0.15) is 5.10 Å². The molecule has 3 aromatic rings. The summed E-state index contributed by atoms with van der Waals surface area (Å²) in [6.07, 6.45) is 7.38. The van der Waals surface area contributed by atoms with Crippen molar-refractivity contribution in [3.8, 4) is 0 Å². The van der Waals surface area contributed by atoms with Gasteiger partial charge < -0.3 is 9.84 Å². The summed E-state index contributed by atoms with van der Waals surface area (Å²) in [5.41, 5.74) is 4.40. The van der Waals surface area contributed by atoms with Gasteiger partial charge in [0.05, 0.1) is 17.9 Å². The Labute approximate surface area is 152 Å². The maximum Gasteiger partial charge on any atom is 0.278 e. The zero-order valence-corrected chi connectivity index (χ0v) is 15.0. The highest BCUT2D eigenvalue weighted by molar-refractivity contribution is 6.03. The first-order valence-electron chi connectivity index (χ1n) is 9.01. The fourth-order valence-electron chi connectivity index (χ4n) is 3.37. The van der Waals surface area contributed by atoms with Gasteiger partial charge in [0.2, 0.25) is 0 Å². The second kappa shape index (κ2) is 6.78. The van der Waals surface area contributed by atoms with Crippen molar-refractivity contribution in [1.82, 2.24) is 14.9 Å². The summed E-state index contributed by atoms with van der Waals surface area (Å²) < 4.78 is 7.17. The van der Waals surface area contributed by atoms with Crippen LogP contribution in [0.25, 0.3) is 0 Å². The highest BCUT2D eigenvalue weighted by atomic mass is 16.5. The quantitative estimate of drug-likeness (QED) is 0.774. The standard InChI is InChI=1S/C20H22N4O2/c1-13-7-9-15(10-8-13)14(2)24-12-16(11-21-24)22-20(25)19-17-5-3-4-6-18(17)26-23-19/h7-12,14H,3-6H2,1-2H3,(H,22,25). The Morgan fingerprint density at radius 3 is 2.81 bits per heavy atom. The van der Waals surface area contributed by atoms with Crippen LogP contribution in [0.15, 0.2) is 41.2 Å². The summed E-state index contributed by atoms with van der Waals surface area (Å²) in [4.78, 5) is 12.6. The van der Waals surface area contributed by atoms with Gasteiger partial charge in [-0.25, -0.2) is 0 Å². The molecule has 1 aliphatic carbocycles. The van der Waals surface area contributed by atoms with Crippen molar-refractivity contribution in [2.24, 2.45) is 0 Å².